The molecular formula is C16H14ClN3O2. The van der Waals surface area contributed by atoms with Gasteiger partial charge in [-0.15, -0.1) is 0 Å². The van der Waals surface area contributed by atoms with Crippen LogP contribution in [0.5, 0.6) is 0 Å². The third-order valence-corrected chi connectivity index (χ3v) is 3.83. The van der Waals surface area contributed by atoms with Gasteiger partial charge in [-0.1, -0.05) is 11.6 Å². The van der Waals surface area contributed by atoms with E-state index in [9.17, 15) is 9.59 Å². The van der Waals surface area contributed by atoms with Gasteiger partial charge in [-0.05, 0) is 36.4 Å². The minimum Gasteiger partial charge on any atom is -0.326 e. The summed E-state index contributed by atoms with van der Waals surface area (Å²) in [6.45, 7) is 0.372. The number of nitrogens with zero attached hydrogens (tertiary/aromatic N) is 2. The molecule has 0 saturated carbocycles. The van der Waals surface area contributed by atoms with Crippen LogP contribution in [0.2, 0.25) is 5.02 Å². The van der Waals surface area contributed by atoms with Crippen molar-refractivity contribution < 1.29 is 9.59 Å². The molecule has 1 fully saturated rings. The highest BCUT2D eigenvalue weighted by Gasteiger charge is 2.35. The second kappa shape index (κ2) is 6.15. The van der Waals surface area contributed by atoms with Gasteiger partial charge < -0.3 is 10.2 Å². The molecule has 1 aromatic carbocycles. The summed E-state index contributed by atoms with van der Waals surface area (Å²) >= 11 is 5.85. The zero-order valence-electron chi connectivity index (χ0n) is 11.7. The fourth-order valence-corrected chi connectivity index (χ4v) is 2.56. The quantitative estimate of drug-likeness (QED) is 0.947. The Morgan fingerprint density at radius 3 is 2.55 bits per heavy atom. The van der Waals surface area contributed by atoms with E-state index in [0.29, 0.717) is 17.3 Å². The number of halogens is 1. The Balaban J connectivity index is 1.69. The van der Waals surface area contributed by atoms with Crippen LogP contribution < -0.4 is 10.2 Å². The molecule has 5 nitrogen and oxygen atoms in total. The monoisotopic (exact) mass is 315 g/mol. The molecule has 112 valence electrons. The van der Waals surface area contributed by atoms with Crippen LogP contribution in [0.4, 0.5) is 11.4 Å². The highest BCUT2D eigenvalue weighted by molar-refractivity contribution is 6.30. The maximum atomic E-state index is 12.3. The number of rotatable bonds is 3. The topological polar surface area (TPSA) is 62.3 Å². The summed E-state index contributed by atoms with van der Waals surface area (Å²) in [5.74, 6) is -0.579. The fraction of sp³-hybridized carbons (Fsp3) is 0.188. The van der Waals surface area contributed by atoms with E-state index < -0.39 is 0 Å². The van der Waals surface area contributed by atoms with E-state index in [4.69, 9.17) is 11.6 Å². The summed E-state index contributed by atoms with van der Waals surface area (Å²) in [7, 11) is 0. The van der Waals surface area contributed by atoms with Crippen LogP contribution in [0.15, 0.2) is 48.8 Å². The van der Waals surface area contributed by atoms with Gasteiger partial charge in [0, 0.05) is 41.8 Å². The molecule has 2 heterocycles. The van der Waals surface area contributed by atoms with Crippen LogP contribution in [0, 0.1) is 5.92 Å². The molecule has 1 aromatic heterocycles. The molecule has 2 amide bonds. The van der Waals surface area contributed by atoms with Crippen LogP contribution >= 0.6 is 11.6 Å². The smallest absolute Gasteiger partial charge is 0.229 e. The highest BCUT2D eigenvalue weighted by atomic mass is 35.5. The minimum absolute atomic E-state index is 0.0581. The number of aromatic nitrogens is 1. The van der Waals surface area contributed by atoms with Gasteiger partial charge >= 0.3 is 0 Å². The number of pyridine rings is 1. The number of carbonyl (C=O) groups excluding carboxylic acids is 2. The summed E-state index contributed by atoms with van der Waals surface area (Å²) in [6, 6.07) is 10.5. The number of hydrogen-bond acceptors (Lipinski definition) is 3. The van der Waals surface area contributed by atoms with E-state index >= 15 is 0 Å². The average molecular weight is 316 g/mol. The van der Waals surface area contributed by atoms with Gasteiger partial charge in [-0.25, -0.2) is 0 Å². The first-order valence-electron chi connectivity index (χ1n) is 6.90. The van der Waals surface area contributed by atoms with Crippen molar-refractivity contribution in [1.29, 1.82) is 0 Å². The molecular weight excluding hydrogens is 302 g/mol. The zero-order valence-corrected chi connectivity index (χ0v) is 12.5. The third kappa shape index (κ3) is 3.09. The first-order chi connectivity index (χ1) is 10.6. The van der Waals surface area contributed by atoms with Crippen LogP contribution in [-0.4, -0.2) is 23.3 Å². The highest BCUT2D eigenvalue weighted by Crippen LogP contribution is 2.27. The van der Waals surface area contributed by atoms with Crippen LogP contribution in [0.25, 0.3) is 0 Å². The SMILES string of the molecule is O=C(Nc1ccncc1)C1CC(=O)N(c2ccc(Cl)cc2)C1. The van der Waals surface area contributed by atoms with Gasteiger partial charge in [0.2, 0.25) is 11.8 Å². The van der Waals surface area contributed by atoms with E-state index in [-0.39, 0.29) is 24.2 Å². The Morgan fingerprint density at radius 2 is 1.86 bits per heavy atom. The maximum absolute atomic E-state index is 12.3. The van der Waals surface area contributed by atoms with E-state index in [1.807, 2.05) is 0 Å². The number of carbonyl (C=O) groups is 2. The standard InChI is InChI=1S/C16H14ClN3O2/c17-12-1-3-14(4-2-12)20-10-11(9-15(20)21)16(22)19-13-5-7-18-8-6-13/h1-8,11H,9-10H2,(H,18,19,22). The summed E-state index contributed by atoms with van der Waals surface area (Å²) in [5.41, 5.74) is 1.44. The first-order valence-corrected chi connectivity index (χ1v) is 7.28. The van der Waals surface area contributed by atoms with E-state index in [1.165, 1.54) is 0 Å². The molecule has 1 aliphatic heterocycles. The number of nitrogens with one attached hydrogen (secondary N) is 1. The van der Waals surface area contributed by atoms with Gasteiger partial charge in [0.05, 0.1) is 5.92 Å². The first kappa shape index (κ1) is 14.5. The van der Waals surface area contributed by atoms with Crippen molar-refractivity contribution >= 4 is 34.8 Å². The predicted octanol–water partition coefficient (Wildman–Crippen LogP) is 2.73. The second-order valence-corrected chi connectivity index (χ2v) is 5.54. The van der Waals surface area contributed by atoms with Crippen molar-refractivity contribution in [3.8, 4) is 0 Å². The zero-order chi connectivity index (χ0) is 15.5. The Labute approximate surface area is 132 Å². The lowest BCUT2D eigenvalue weighted by atomic mass is 10.1. The van der Waals surface area contributed by atoms with Crippen LogP contribution in [-0.2, 0) is 9.59 Å². The Hall–Kier alpha value is -2.40. The molecule has 1 N–H and O–H groups in total. The largest absolute Gasteiger partial charge is 0.326 e. The van der Waals surface area contributed by atoms with E-state index in [0.717, 1.165) is 5.69 Å². The Kier molecular flexibility index (Phi) is 4.06. The Bertz CT molecular complexity index is 688. The maximum Gasteiger partial charge on any atom is 0.229 e. The van der Waals surface area contributed by atoms with Gasteiger partial charge in [-0.3, -0.25) is 14.6 Å². The lowest BCUT2D eigenvalue weighted by Crippen LogP contribution is -2.28. The number of hydrogen-bond donors (Lipinski definition) is 1. The van der Waals surface area contributed by atoms with Crippen molar-refractivity contribution in [2.45, 2.75) is 6.42 Å². The van der Waals surface area contributed by atoms with E-state index in [1.54, 1.807) is 53.7 Å². The summed E-state index contributed by atoms with van der Waals surface area (Å²) in [6.07, 6.45) is 3.42. The lowest BCUT2D eigenvalue weighted by Gasteiger charge is -2.16. The molecule has 1 saturated heterocycles. The molecule has 1 aliphatic rings. The molecule has 6 heteroatoms. The van der Waals surface area contributed by atoms with Crippen LogP contribution in [0.1, 0.15) is 6.42 Å². The van der Waals surface area contributed by atoms with Gasteiger partial charge in [0.15, 0.2) is 0 Å². The van der Waals surface area contributed by atoms with Gasteiger partial charge in [-0.2, -0.15) is 0 Å². The third-order valence-electron chi connectivity index (χ3n) is 3.58. The molecule has 2 aromatic rings. The number of amides is 2. The van der Waals surface area contributed by atoms with Crippen molar-refractivity contribution in [3.05, 3.63) is 53.8 Å². The second-order valence-electron chi connectivity index (χ2n) is 5.11. The van der Waals surface area contributed by atoms with Gasteiger partial charge in [0.1, 0.15) is 0 Å². The van der Waals surface area contributed by atoms with Crippen molar-refractivity contribution in [3.63, 3.8) is 0 Å². The normalized spacial score (nSPS) is 17.6. The molecule has 1 unspecified atom stereocenters. The average Bonchev–Trinajstić information content (AvgIpc) is 2.91. The molecule has 0 bridgehead atoms. The molecule has 22 heavy (non-hydrogen) atoms. The fourth-order valence-electron chi connectivity index (χ4n) is 2.43. The minimum atomic E-state index is -0.364. The lowest BCUT2D eigenvalue weighted by molar-refractivity contribution is -0.122. The Morgan fingerprint density at radius 1 is 1.18 bits per heavy atom. The van der Waals surface area contributed by atoms with Crippen LogP contribution in [0.3, 0.4) is 0 Å². The summed E-state index contributed by atoms with van der Waals surface area (Å²) < 4.78 is 0. The molecule has 3 rings (SSSR count). The van der Waals surface area contributed by atoms with Gasteiger partial charge in [0.25, 0.3) is 0 Å². The van der Waals surface area contributed by atoms with Crippen molar-refractivity contribution in [1.82, 2.24) is 4.98 Å². The summed E-state index contributed by atoms with van der Waals surface area (Å²) in [5, 5.41) is 3.42. The van der Waals surface area contributed by atoms with Crippen molar-refractivity contribution in [2.75, 3.05) is 16.8 Å². The number of benzene rings is 1. The molecule has 0 aliphatic carbocycles. The molecule has 0 radical (unpaired) electrons. The summed E-state index contributed by atoms with van der Waals surface area (Å²) in [4.78, 5) is 29.9. The van der Waals surface area contributed by atoms with Crippen molar-refractivity contribution in [2.24, 2.45) is 5.92 Å². The predicted molar refractivity (Wildman–Crippen MR) is 84.8 cm³/mol. The number of anilines is 2. The molecule has 1 atom stereocenters. The molecule has 0 spiro atoms. The van der Waals surface area contributed by atoms with E-state index in [2.05, 4.69) is 10.3 Å².